The molecule has 0 aromatic heterocycles. The number of rotatable bonds is 3. The lowest BCUT2D eigenvalue weighted by Crippen LogP contribution is -2.37. The first-order valence-electron chi connectivity index (χ1n) is 7.07. The molecule has 0 spiro atoms. The van der Waals surface area contributed by atoms with Crippen LogP contribution in [0.4, 0.5) is 5.69 Å². The van der Waals surface area contributed by atoms with Gasteiger partial charge in [0.05, 0.1) is 10.8 Å². The predicted octanol–water partition coefficient (Wildman–Crippen LogP) is 1.18. The summed E-state index contributed by atoms with van der Waals surface area (Å²) in [5, 5.41) is 7.82. The maximum Gasteiger partial charge on any atom is 0.238 e. The summed E-state index contributed by atoms with van der Waals surface area (Å²) in [5.74, 6) is -0.293. The van der Waals surface area contributed by atoms with Gasteiger partial charge in [-0.25, -0.2) is 13.6 Å². The van der Waals surface area contributed by atoms with Crippen LogP contribution in [-0.4, -0.2) is 20.4 Å². The van der Waals surface area contributed by atoms with Crippen molar-refractivity contribution in [2.75, 3.05) is 5.32 Å². The smallest absolute Gasteiger partial charge is 0.238 e. The lowest BCUT2D eigenvalue weighted by atomic mass is 9.94. The average Bonchev–Trinajstić information content (AvgIpc) is 2.63. The summed E-state index contributed by atoms with van der Waals surface area (Å²) in [5.41, 5.74) is 6.60. The number of carbonyl (C=O) groups is 1. The van der Waals surface area contributed by atoms with Crippen LogP contribution in [-0.2, 0) is 14.8 Å². The molecule has 1 amide bonds. The Labute approximate surface area is 124 Å². The van der Waals surface area contributed by atoms with E-state index in [1.54, 1.807) is 0 Å². The van der Waals surface area contributed by atoms with Gasteiger partial charge in [0.15, 0.2) is 0 Å². The molecule has 1 aromatic carbocycles. The van der Waals surface area contributed by atoms with Gasteiger partial charge in [-0.2, -0.15) is 0 Å². The van der Waals surface area contributed by atoms with Crippen LogP contribution in [0.5, 0.6) is 0 Å². The molecule has 2 atom stereocenters. The maximum atomic E-state index is 12.3. The third kappa shape index (κ3) is 4.26. The van der Waals surface area contributed by atoms with Gasteiger partial charge >= 0.3 is 0 Å². The number of hydrogen-bond donors (Lipinski definition) is 3. The highest BCUT2D eigenvalue weighted by molar-refractivity contribution is 7.89. The first kappa shape index (κ1) is 15.9. The van der Waals surface area contributed by atoms with Crippen LogP contribution >= 0.6 is 0 Å². The summed E-state index contributed by atoms with van der Waals surface area (Å²) in [4.78, 5) is 12.3. The first-order chi connectivity index (χ1) is 9.88. The van der Waals surface area contributed by atoms with Crippen molar-refractivity contribution in [1.29, 1.82) is 0 Å². The lowest BCUT2D eigenvalue weighted by molar-refractivity contribution is -0.120. The fourth-order valence-corrected chi connectivity index (χ4v) is 3.14. The molecule has 1 saturated carbocycles. The summed E-state index contributed by atoms with van der Waals surface area (Å²) in [6.07, 6.45) is 4.84. The summed E-state index contributed by atoms with van der Waals surface area (Å²) < 4.78 is 22.3. The van der Waals surface area contributed by atoms with Gasteiger partial charge in [0.25, 0.3) is 0 Å². The van der Waals surface area contributed by atoms with E-state index in [-0.39, 0.29) is 22.8 Å². The molecule has 6 nitrogen and oxygen atoms in total. The average molecular weight is 311 g/mol. The van der Waals surface area contributed by atoms with Crippen molar-refractivity contribution < 1.29 is 13.2 Å². The highest BCUT2D eigenvalue weighted by atomic mass is 32.2. The zero-order chi connectivity index (χ0) is 15.5. The van der Waals surface area contributed by atoms with E-state index >= 15 is 0 Å². The second kappa shape index (κ2) is 6.55. The van der Waals surface area contributed by atoms with Crippen molar-refractivity contribution in [2.45, 2.75) is 43.0 Å². The minimum atomic E-state index is -3.71. The van der Waals surface area contributed by atoms with Crippen molar-refractivity contribution in [3.63, 3.8) is 0 Å². The molecule has 2 rings (SSSR count). The van der Waals surface area contributed by atoms with E-state index in [0.29, 0.717) is 5.69 Å². The van der Waals surface area contributed by atoms with E-state index < -0.39 is 10.0 Å². The van der Waals surface area contributed by atoms with Crippen LogP contribution < -0.4 is 16.2 Å². The normalized spacial score (nSPS) is 23.3. The fraction of sp³-hybridized carbons (Fsp3) is 0.500. The summed E-state index contributed by atoms with van der Waals surface area (Å²) in [6, 6.07) is 5.69. The second-order valence-corrected chi connectivity index (χ2v) is 7.03. The first-order valence-corrected chi connectivity index (χ1v) is 8.62. The molecular formula is C14H21N3O3S. The number of hydrogen-bond acceptors (Lipinski definition) is 4. The Hall–Kier alpha value is -1.44. The molecule has 1 aromatic rings. The van der Waals surface area contributed by atoms with Crippen molar-refractivity contribution in [1.82, 2.24) is 0 Å². The number of carbonyl (C=O) groups excluding carboxylic acids is 1. The van der Waals surface area contributed by atoms with Gasteiger partial charge in [0.2, 0.25) is 15.9 Å². The van der Waals surface area contributed by atoms with Crippen LogP contribution in [0.1, 0.15) is 32.1 Å². The fourth-order valence-electron chi connectivity index (χ4n) is 2.62. The highest BCUT2D eigenvalue weighted by Crippen LogP contribution is 2.24. The zero-order valence-electron chi connectivity index (χ0n) is 11.8. The van der Waals surface area contributed by atoms with E-state index in [0.717, 1.165) is 32.1 Å². The molecule has 5 N–H and O–H groups in total. The molecule has 0 bridgehead atoms. The SMILES string of the molecule is NC1CCCCCC1C(=O)Nc1ccc(S(N)(=O)=O)cc1. The minimum Gasteiger partial charge on any atom is -0.327 e. The predicted molar refractivity (Wildman–Crippen MR) is 81.0 cm³/mol. The van der Waals surface area contributed by atoms with E-state index in [1.807, 2.05) is 0 Å². The van der Waals surface area contributed by atoms with Gasteiger partial charge in [0.1, 0.15) is 0 Å². The van der Waals surface area contributed by atoms with Crippen molar-refractivity contribution in [3.05, 3.63) is 24.3 Å². The second-order valence-electron chi connectivity index (χ2n) is 5.47. The zero-order valence-corrected chi connectivity index (χ0v) is 12.6. The number of nitrogens with two attached hydrogens (primary N) is 2. The van der Waals surface area contributed by atoms with Gasteiger partial charge < -0.3 is 11.1 Å². The van der Waals surface area contributed by atoms with Crippen molar-refractivity contribution in [2.24, 2.45) is 16.8 Å². The van der Waals surface area contributed by atoms with Crippen LogP contribution in [0, 0.1) is 5.92 Å². The number of primary sulfonamides is 1. The minimum absolute atomic E-state index is 0.0201. The Morgan fingerprint density at radius 3 is 2.33 bits per heavy atom. The van der Waals surface area contributed by atoms with Gasteiger partial charge in [-0.3, -0.25) is 4.79 Å². The van der Waals surface area contributed by atoms with E-state index in [1.165, 1.54) is 24.3 Å². The standard InChI is InChI=1S/C14H21N3O3S/c15-13-5-3-1-2-4-12(13)14(18)17-10-6-8-11(9-7-10)21(16,19)20/h6-9,12-13H,1-5,15H2,(H,17,18)(H2,16,19,20). The third-order valence-corrected chi connectivity index (χ3v) is 4.79. The monoisotopic (exact) mass is 311 g/mol. The number of sulfonamides is 1. The summed E-state index contributed by atoms with van der Waals surface area (Å²) in [7, 11) is -3.71. The third-order valence-electron chi connectivity index (χ3n) is 3.86. The molecule has 1 aliphatic carbocycles. The quantitative estimate of drug-likeness (QED) is 0.727. The Balaban J connectivity index is 2.05. The highest BCUT2D eigenvalue weighted by Gasteiger charge is 2.27. The van der Waals surface area contributed by atoms with Gasteiger partial charge in [-0.05, 0) is 37.1 Å². The van der Waals surface area contributed by atoms with Crippen LogP contribution in [0.2, 0.25) is 0 Å². The van der Waals surface area contributed by atoms with Gasteiger partial charge in [-0.1, -0.05) is 19.3 Å². The molecule has 21 heavy (non-hydrogen) atoms. The molecule has 0 radical (unpaired) electrons. The molecule has 1 fully saturated rings. The topological polar surface area (TPSA) is 115 Å². The molecule has 2 unspecified atom stereocenters. The molecule has 1 aliphatic rings. The molecule has 0 heterocycles. The molecule has 116 valence electrons. The van der Waals surface area contributed by atoms with Crippen molar-refractivity contribution in [3.8, 4) is 0 Å². The number of anilines is 1. The molecule has 0 saturated heterocycles. The Kier molecular flexibility index (Phi) is 4.97. The van der Waals surface area contributed by atoms with Crippen LogP contribution in [0.25, 0.3) is 0 Å². The Morgan fingerprint density at radius 1 is 1.10 bits per heavy atom. The lowest BCUT2D eigenvalue weighted by Gasteiger charge is -2.20. The van der Waals surface area contributed by atoms with E-state index in [4.69, 9.17) is 10.9 Å². The molecule has 0 aliphatic heterocycles. The maximum absolute atomic E-state index is 12.3. The largest absolute Gasteiger partial charge is 0.327 e. The van der Waals surface area contributed by atoms with E-state index in [2.05, 4.69) is 5.32 Å². The Bertz CT molecular complexity index is 598. The number of amides is 1. The summed E-state index contributed by atoms with van der Waals surface area (Å²) >= 11 is 0. The summed E-state index contributed by atoms with van der Waals surface area (Å²) in [6.45, 7) is 0. The molecule has 7 heteroatoms. The number of nitrogens with one attached hydrogen (secondary N) is 1. The van der Waals surface area contributed by atoms with Crippen molar-refractivity contribution >= 4 is 21.6 Å². The molecular weight excluding hydrogens is 290 g/mol. The van der Waals surface area contributed by atoms with Gasteiger partial charge in [0, 0.05) is 11.7 Å². The number of benzene rings is 1. The van der Waals surface area contributed by atoms with Crippen LogP contribution in [0.15, 0.2) is 29.2 Å². The van der Waals surface area contributed by atoms with Crippen LogP contribution in [0.3, 0.4) is 0 Å². The van der Waals surface area contributed by atoms with Gasteiger partial charge in [-0.15, -0.1) is 0 Å². The Morgan fingerprint density at radius 2 is 1.71 bits per heavy atom. The van der Waals surface area contributed by atoms with E-state index in [9.17, 15) is 13.2 Å².